The number of rotatable bonds is 1. The molecular weight excluding hydrogens is 278 g/mol. The second kappa shape index (κ2) is 8.53. The molecule has 0 radical (unpaired) electrons. The van der Waals surface area contributed by atoms with Crippen molar-refractivity contribution in [2.24, 2.45) is 0 Å². The monoisotopic (exact) mass is 286 g/mol. The summed E-state index contributed by atoms with van der Waals surface area (Å²) in [5.74, 6) is 0. The van der Waals surface area contributed by atoms with E-state index in [0.717, 1.165) is 5.30 Å². The first kappa shape index (κ1) is 14.2. The van der Waals surface area contributed by atoms with Gasteiger partial charge in [0.1, 0.15) is 0 Å². The summed E-state index contributed by atoms with van der Waals surface area (Å²) >= 11 is 11.1. The van der Waals surface area contributed by atoms with E-state index < -0.39 is 6.63 Å². The second-order valence-electron chi connectivity index (χ2n) is 2.34. The smallest absolute Gasteiger partial charge is 0.214 e. The van der Waals surface area contributed by atoms with Crippen molar-refractivity contribution in [2.75, 3.05) is 0 Å². The molecule has 0 aliphatic heterocycles. The molecule has 0 aromatic heterocycles. The Bertz CT molecular complexity index is 273. The molecular formula is C10H9Cl2FeP. The van der Waals surface area contributed by atoms with Gasteiger partial charge in [0.05, 0.1) is 6.63 Å². The molecule has 0 atom stereocenters. The molecule has 0 aliphatic carbocycles. The Morgan fingerprint density at radius 2 is 1.43 bits per heavy atom. The van der Waals surface area contributed by atoms with Crippen LogP contribution in [0.25, 0.3) is 0 Å². The van der Waals surface area contributed by atoms with Crippen molar-refractivity contribution in [3.05, 3.63) is 54.6 Å². The minimum absolute atomic E-state index is 0. The summed E-state index contributed by atoms with van der Waals surface area (Å²) < 4.78 is 0. The van der Waals surface area contributed by atoms with Crippen LogP contribution in [0.2, 0.25) is 0 Å². The van der Waals surface area contributed by atoms with Gasteiger partial charge in [0.25, 0.3) is 0 Å². The van der Waals surface area contributed by atoms with Gasteiger partial charge in [-0.2, -0.15) is 30.3 Å². The molecule has 0 nitrogen and oxygen atoms in total. The minimum atomic E-state index is -0.914. The number of halogens is 2. The zero-order valence-electron chi connectivity index (χ0n) is 7.25. The largest absolute Gasteiger partial charge is 2.00 e. The molecule has 0 N–H and O–H groups in total. The maximum Gasteiger partial charge on any atom is 2.00 e. The summed E-state index contributed by atoms with van der Waals surface area (Å²) in [6, 6.07) is 17.7. The molecule has 0 heterocycles. The first-order valence-electron chi connectivity index (χ1n) is 3.81. The average Bonchev–Trinajstić information content (AvgIpc) is 2.82. The standard InChI is InChI=1S/C5H4Cl2P.C5H5.Fe/c6-8(7)5-3-1-2-4-5;1-2-4-5-3-1;/h1-4H;1-5H;/q2*-1;+2. The second-order valence-corrected chi connectivity index (χ2v) is 5.87. The molecule has 0 aliphatic rings. The predicted molar refractivity (Wildman–Crippen MR) is 62.3 cm³/mol. The molecule has 0 amide bonds. The van der Waals surface area contributed by atoms with Crippen LogP contribution in [0.5, 0.6) is 0 Å². The van der Waals surface area contributed by atoms with E-state index in [4.69, 9.17) is 22.5 Å². The molecule has 4 heteroatoms. The van der Waals surface area contributed by atoms with E-state index >= 15 is 0 Å². The third-order valence-electron chi connectivity index (χ3n) is 1.40. The van der Waals surface area contributed by atoms with Crippen molar-refractivity contribution in [2.45, 2.75) is 0 Å². The van der Waals surface area contributed by atoms with Crippen LogP contribution in [0, 0.1) is 0 Å². The minimum Gasteiger partial charge on any atom is -0.214 e. The van der Waals surface area contributed by atoms with Gasteiger partial charge in [-0.1, -0.05) is 22.5 Å². The van der Waals surface area contributed by atoms with Crippen molar-refractivity contribution < 1.29 is 17.1 Å². The number of hydrogen-bond donors (Lipinski definition) is 0. The van der Waals surface area contributed by atoms with Crippen LogP contribution in [0.15, 0.2) is 54.6 Å². The summed E-state index contributed by atoms with van der Waals surface area (Å²) in [6.45, 7) is -0.914. The van der Waals surface area contributed by atoms with E-state index in [1.54, 1.807) is 0 Å². The van der Waals surface area contributed by atoms with E-state index in [9.17, 15) is 0 Å². The van der Waals surface area contributed by atoms with Crippen molar-refractivity contribution in [1.29, 1.82) is 0 Å². The third kappa shape index (κ3) is 5.85. The van der Waals surface area contributed by atoms with Gasteiger partial charge in [0, 0.05) is 0 Å². The molecule has 0 bridgehead atoms. The molecule has 2 rings (SSSR count). The van der Waals surface area contributed by atoms with Crippen LogP contribution in [0.3, 0.4) is 0 Å². The number of hydrogen-bond acceptors (Lipinski definition) is 0. The quantitative estimate of drug-likeness (QED) is 0.418. The Balaban J connectivity index is 0.000000246. The van der Waals surface area contributed by atoms with Crippen molar-refractivity contribution in [3.8, 4) is 0 Å². The van der Waals surface area contributed by atoms with E-state index in [1.807, 2.05) is 54.6 Å². The molecule has 0 spiro atoms. The topological polar surface area (TPSA) is 0 Å². The first-order valence-corrected chi connectivity index (χ1v) is 6.96. The van der Waals surface area contributed by atoms with Gasteiger partial charge in [0.2, 0.25) is 0 Å². The Labute approximate surface area is 106 Å². The van der Waals surface area contributed by atoms with Gasteiger partial charge in [-0.15, -0.1) is 5.30 Å². The van der Waals surface area contributed by atoms with Gasteiger partial charge in [-0.3, -0.25) is 0 Å². The molecule has 0 unspecified atom stereocenters. The van der Waals surface area contributed by atoms with Crippen LogP contribution in [0.4, 0.5) is 0 Å². The van der Waals surface area contributed by atoms with E-state index in [-0.39, 0.29) is 17.1 Å². The summed E-state index contributed by atoms with van der Waals surface area (Å²) in [5.41, 5.74) is 0. The summed E-state index contributed by atoms with van der Waals surface area (Å²) in [6.07, 6.45) is 0. The van der Waals surface area contributed by atoms with E-state index in [2.05, 4.69) is 0 Å². The van der Waals surface area contributed by atoms with Crippen molar-refractivity contribution in [3.63, 3.8) is 0 Å². The van der Waals surface area contributed by atoms with Crippen LogP contribution in [-0.2, 0) is 17.1 Å². The van der Waals surface area contributed by atoms with Crippen LogP contribution >= 0.6 is 29.1 Å². The summed E-state index contributed by atoms with van der Waals surface area (Å²) in [4.78, 5) is 0. The predicted octanol–water partition coefficient (Wildman–Crippen LogP) is 4.22. The van der Waals surface area contributed by atoms with Crippen molar-refractivity contribution in [1.82, 2.24) is 0 Å². The Kier molecular flexibility index (Phi) is 8.67. The van der Waals surface area contributed by atoms with E-state index in [1.165, 1.54) is 0 Å². The fourth-order valence-corrected chi connectivity index (χ4v) is 1.87. The SMILES string of the molecule is ClP(Cl)[c-]1cccc1.[Fe+2].c1cc[cH-]c1. The maximum absolute atomic E-state index is 5.57. The Morgan fingerprint density at radius 3 is 1.64 bits per heavy atom. The zero-order valence-corrected chi connectivity index (χ0v) is 10.8. The average molecular weight is 287 g/mol. The molecule has 14 heavy (non-hydrogen) atoms. The first-order chi connectivity index (χ1) is 6.30. The van der Waals surface area contributed by atoms with E-state index in [0.29, 0.717) is 0 Å². The summed E-state index contributed by atoms with van der Waals surface area (Å²) in [7, 11) is 0. The normalized spacial score (nSPS) is 8.79. The van der Waals surface area contributed by atoms with Gasteiger partial charge < -0.3 is 0 Å². The Morgan fingerprint density at radius 1 is 0.929 bits per heavy atom. The van der Waals surface area contributed by atoms with Gasteiger partial charge in [-0.25, -0.2) is 24.3 Å². The molecule has 0 fully saturated rings. The molecule has 2 aromatic rings. The Hall–Kier alpha value is 0.229. The van der Waals surface area contributed by atoms with Gasteiger partial charge >= 0.3 is 17.1 Å². The van der Waals surface area contributed by atoms with Crippen molar-refractivity contribution >= 4 is 34.4 Å². The van der Waals surface area contributed by atoms with Crippen LogP contribution < -0.4 is 5.30 Å². The fourth-order valence-electron chi connectivity index (χ4n) is 0.797. The van der Waals surface area contributed by atoms with Crippen LogP contribution in [0.1, 0.15) is 0 Å². The van der Waals surface area contributed by atoms with Gasteiger partial charge in [-0.05, 0) is 0 Å². The molecule has 2 aromatic carbocycles. The zero-order chi connectivity index (χ0) is 9.52. The molecule has 0 saturated carbocycles. The van der Waals surface area contributed by atoms with Gasteiger partial charge in [0.15, 0.2) is 0 Å². The fraction of sp³-hybridized carbons (Fsp3) is 0. The maximum atomic E-state index is 5.57. The van der Waals surface area contributed by atoms with Crippen LogP contribution in [-0.4, -0.2) is 0 Å². The molecule has 76 valence electrons. The molecule has 0 saturated heterocycles. The summed E-state index contributed by atoms with van der Waals surface area (Å²) in [5, 5.41) is 1.03. The third-order valence-corrected chi connectivity index (χ3v) is 3.26.